The molecule has 1 heterocycles. The lowest BCUT2D eigenvalue weighted by atomic mass is 10.1. The van der Waals surface area contributed by atoms with Gasteiger partial charge in [0, 0.05) is 18.7 Å². The number of methoxy groups -OCH3 is 1. The van der Waals surface area contributed by atoms with Crippen molar-refractivity contribution < 1.29 is 13.9 Å². The van der Waals surface area contributed by atoms with Crippen molar-refractivity contribution in [2.45, 2.75) is 25.9 Å². The van der Waals surface area contributed by atoms with E-state index in [1.807, 2.05) is 73.7 Å². The van der Waals surface area contributed by atoms with Crippen LogP contribution in [-0.2, 0) is 22.5 Å². The molecule has 0 bridgehead atoms. The molecule has 0 aliphatic rings. The predicted molar refractivity (Wildman–Crippen MR) is 128 cm³/mol. The summed E-state index contributed by atoms with van der Waals surface area (Å²) in [6.45, 7) is 2.49. The van der Waals surface area contributed by atoms with Crippen LogP contribution in [0.3, 0.4) is 0 Å². The number of ether oxygens (including phenoxy) is 1. The minimum Gasteiger partial charge on any atom is -0.467 e. The first-order valence-corrected chi connectivity index (χ1v) is 10.7. The number of carbonyl (C=O) groups excluding carboxylic acids is 1. The second-order valence-electron chi connectivity index (χ2n) is 7.69. The average Bonchev–Trinajstić information content (AvgIpc) is 2.84. The number of nitrogens with zero attached hydrogens (tertiary/aromatic N) is 1. The molecule has 0 fully saturated rings. The lowest BCUT2D eigenvalue weighted by molar-refractivity contribution is -0.141. The molecular weight excluding hydrogens is 418 g/mol. The summed E-state index contributed by atoms with van der Waals surface area (Å²) in [6, 6.07) is 22.4. The van der Waals surface area contributed by atoms with Crippen molar-refractivity contribution >= 4 is 28.6 Å². The van der Waals surface area contributed by atoms with Crippen LogP contribution in [0.15, 0.2) is 82.0 Å². The maximum atomic E-state index is 12.8. The van der Waals surface area contributed by atoms with E-state index in [9.17, 15) is 9.59 Å². The third-order valence-corrected chi connectivity index (χ3v) is 5.45. The molecule has 2 N–H and O–H groups in total. The van der Waals surface area contributed by atoms with Crippen LogP contribution >= 0.6 is 0 Å². The van der Waals surface area contributed by atoms with E-state index in [0.717, 1.165) is 22.4 Å². The molecule has 168 valence electrons. The first kappa shape index (κ1) is 22.1. The van der Waals surface area contributed by atoms with Crippen LogP contribution in [0, 0.1) is 6.92 Å². The number of benzene rings is 3. The molecule has 0 radical (unpaired) electrons. The maximum Gasteiger partial charge on any atom is 0.348 e. The van der Waals surface area contributed by atoms with Gasteiger partial charge in [-0.1, -0.05) is 60.7 Å². The summed E-state index contributed by atoms with van der Waals surface area (Å²) < 4.78 is 10.4. The van der Waals surface area contributed by atoms with Crippen LogP contribution in [0.1, 0.15) is 16.7 Å². The number of nitrogens with one attached hydrogen (secondary N) is 2. The lowest BCUT2D eigenvalue weighted by Crippen LogP contribution is -2.33. The van der Waals surface area contributed by atoms with E-state index in [1.54, 1.807) is 6.07 Å². The highest BCUT2D eigenvalue weighted by atomic mass is 16.5. The van der Waals surface area contributed by atoms with Gasteiger partial charge in [-0.05, 0) is 35.7 Å². The Balaban J connectivity index is 1.59. The molecular formula is C26H25N3O4. The molecule has 0 aliphatic carbocycles. The van der Waals surface area contributed by atoms with Crippen molar-refractivity contribution in [1.82, 2.24) is 4.98 Å². The number of anilines is 2. The Labute approximate surface area is 191 Å². The van der Waals surface area contributed by atoms with Crippen molar-refractivity contribution in [2.75, 3.05) is 17.7 Å². The van der Waals surface area contributed by atoms with Crippen LogP contribution in [-0.4, -0.2) is 24.1 Å². The van der Waals surface area contributed by atoms with Crippen LogP contribution in [0.4, 0.5) is 11.7 Å². The molecule has 0 saturated carbocycles. The fraction of sp³-hybridized carbons (Fsp3) is 0.192. The normalized spacial score (nSPS) is 11.7. The molecule has 7 nitrogen and oxygen atoms in total. The summed E-state index contributed by atoms with van der Waals surface area (Å²) in [6.07, 6.45) is 0.359. The summed E-state index contributed by atoms with van der Waals surface area (Å²) in [4.78, 5) is 29.6. The van der Waals surface area contributed by atoms with Gasteiger partial charge in [-0.3, -0.25) is 0 Å². The second-order valence-corrected chi connectivity index (χ2v) is 7.69. The zero-order valence-electron chi connectivity index (χ0n) is 18.5. The van der Waals surface area contributed by atoms with Crippen LogP contribution in [0.25, 0.3) is 10.9 Å². The average molecular weight is 444 g/mol. The number of fused-ring (bicyclic) bond motifs is 1. The Hall–Kier alpha value is -4.13. The molecule has 7 heteroatoms. The number of carbonyl (C=O) groups is 1. The van der Waals surface area contributed by atoms with Crippen LogP contribution in [0.5, 0.6) is 0 Å². The molecule has 0 spiro atoms. The number of hydrogen-bond donors (Lipinski definition) is 2. The van der Waals surface area contributed by atoms with Gasteiger partial charge in [0.2, 0.25) is 0 Å². The number of aryl methyl sites for hydroxylation is 1. The summed E-state index contributed by atoms with van der Waals surface area (Å²) in [5, 5.41) is 6.68. The molecule has 1 aromatic heterocycles. The number of rotatable bonds is 8. The maximum absolute atomic E-state index is 12.8. The van der Waals surface area contributed by atoms with E-state index in [0.29, 0.717) is 23.9 Å². The second kappa shape index (κ2) is 9.99. The van der Waals surface area contributed by atoms with Crippen LogP contribution < -0.4 is 16.3 Å². The molecule has 33 heavy (non-hydrogen) atoms. The zero-order chi connectivity index (χ0) is 23.2. The van der Waals surface area contributed by atoms with Crippen molar-refractivity contribution in [3.63, 3.8) is 0 Å². The predicted octanol–water partition coefficient (Wildman–Crippen LogP) is 4.30. The highest BCUT2D eigenvalue weighted by Gasteiger charge is 2.22. The molecule has 0 saturated heterocycles. The van der Waals surface area contributed by atoms with E-state index in [1.165, 1.54) is 7.11 Å². The van der Waals surface area contributed by atoms with E-state index in [4.69, 9.17) is 9.15 Å². The number of esters is 1. The minimum absolute atomic E-state index is 0.0248. The van der Waals surface area contributed by atoms with Crippen molar-refractivity contribution in [2.24, 2.45) is 0 Å². The number of aromatic nitrogens is 1. The molecule has 3 aromatic carbocycles. The SMILES string of the molecule is COC(=O)C(Cc1ccccc1)Nc1nc2ccc(NCc3ccccc3)c(C)c2c(=O)o1. The highest BCUT2D eigenvalue weighted by molar-refractivity contribution is 5.87. The Morgan fingerprint density at radius 3 is 2.33 bits per heavy atom. The topological polar surface area (TPSA) is 93.5 Å². The monoisotopic (exact) mass is 443 g/mol. The van der Waals surface area contributed by atoms with Gasteiger partial charge in [-0.15, -0.1) is 0 Å². The van der Waals surface area contributed by atoms with Gasteiger partial charge in [0.15, 0.2) is 0 Å². The molecule has 1 atom stereocenters. The Kier molecular flexibility index (Phi) is 6.69. The molecule has 1 unspecified atom stereocenters. The largest absolute Gasteiger partial charge is 0.467 e. The summed E-state index contributed by atoms with van der Waals surface area (Å²) in [5.41, 5.74) is 3.62. The first-order chi connectivity index (χ1) is 16.0. The highest BCUT2D eigenvalue weighted by Crippen LogP contribution is 2.24. The van der Waals surface area contributed by atoms with Gasteiger partial charge < -0.3 is 19.8 Å². The zero-order valence-corrected chi connectivity index (χ0v) is 18.5. The quantitative estimate of drug-likeness (QED) is 0.392. The minimum atomic E-state index is -0.751. The van der Waals surface area contributed by atoms with Gasteiger partial charge in [0.05, 0.1) is 18.0 Å². The van der Waals surface area contributed by atoms with Gasteiger partial charge in [0.25, 0.3) is 6.01 Å². The fourth-order valence-corrected chi connectivity index (χ4v) is 3.70. The van der Waals surface area contributed by atoms with Crippen molar-refractivity contribution in [3.05, 3.63) is 99.9 Å². The van der Waals surface area contributed by atoms with E-state index in [-0.39, 0.29) is 6.01 Å². The summed E-state index contributed by atoms with van der Waals surface area (Å²) in [7, 11) is 1.32. The third kappa shape index (κ3) is 5.20. The van der Waals surface area contributed by atoms with Crippen molar-refractivity contribution in [1.29, 1.82) is 0 Å². The van der Waals surface area contributed by atoms with Gasteiger partial charge in [-0.25, -0.2) is 9.59 Å². The van der Waals surface area contributed by atoms with E-state index in [2.05, 4.69) is 15.6 Å². The lowest BCUT2D eigenvalue weighted by Gasteiger charge is -2.16. The number of hydrogen-bond acceptors (Lipinski definition) is 7. The molecule has 0 aliphatic heterocycles. The van der Waals surface area contributed by atoms with Gasteiger partial charge in [0.1, 0.15) is 6.04 Å². The molecule has 4 aromatic rings. The van der Waals surface area contributed by atoms with Gasteiger partial charge >= 0.3 is 11.6 Å². The van der Waals surface area contributed by atoms with E-state index >= 15 is 0 Å². The van der Waals surface area contributed by atoms with Crippen molar-refractivity contribution in [3.8, 4) is 0 Å². The standard InChI is InChI=1S/C26H25N3O4/c1-17-20(27-16-19-11-7-4-8-12-19)13-14-21-23(17)25(31)33-26(28-21)29-22(24(30)32-2)15-18-9-5-3-6-10-18/h3-14,22,27H,15-16H2,1-2H3,(H,28,29). The van der Waals surface area contributed by atoms with Gasteiger partial charge in [-0.2, -0.15) is 4.98 Å². The Morgan fingerprint density at radius 2 is 1.67 bits per heavy atom. The van der Waals surface area contributed by atoms with Crippen LogP contribution in [0.2, 0.25) is 0 Å². The Morgan fingerprint density at radius 1 is 1.00 bits per heavy atom. The fourth-order valence-electron chi connectivity index (χ4n) is 3.70. The smallest absolute Gasteiger partial charge is 0.348 e. The summed E-state index contributed by atoms with van der Waals surface area (Å²) >= 11 is 0. The first-order valence-electron chi connectivity index (χ1n) is 10.7. The molecule has 4 rings (SSSR count). The third-order valence-electron chi connectivity index (χ3n) is 5.45. The van der Waals surface area contributed by atoms with E-state index < -0.39 is 17.6 Å². The summed E-state index contributed by atoms with van der Waals surface area (Å²) in [5.74, 6) is -0.472. The Bertz CT molecular complexity index is 1300. The molecule has 0 amide bonds.